The van der Waals surface area contributed by atoms with Gasteiger partial charge >= 0.3 is 0 Å². The number of nitrogens with zero attached hydrogens (tertiary/aromatic N) is 1. The van der Waals surface area contributed by atoms with Crippen molar-refractivity contribution in [1.82, 2.24) is 10.2 Å². The molecule has 0 aromatic heterocycles. The number of phenolic OH excluding ortho intramolecular Hbond substituents is 1. The van der Waals surface area contributed by atoms with Gasteiger partial charge in [-0.15, -0.1) is 0 Å². The topological polar surface area (TPSA) is 88.1 Å². The van der Waals surface area contributed by atoms with Crippen molar-refractivity contribution < 1.29 is 24.2 Å². The number of aryl methyl sites for hydroxylation is 1. The number of aromatic hydroxyl groups is 1. The fourth-order valence-electron chi connectivity index (χ4n) is 6.35. The van der Waals surface area contributed by atoms with Crippen LogP contribution in [0, 0.1) is 5.92 Å². The SMILES string of the molecule is O=C1CCc2ccc(O)c(c2)Oc2ccc3c(c2)CCN(C(=O)C2CCCCC2)C3c2ccc(cc2)OCCCN1. The minimum atomic E-state index is -0.183. The van der Waals surface area contributed by atoms with Crippen molar-refractivity contribution >= 4 is 11.8 Å². The van der Waals surface area contributed by atoms with Crippen LogP contribution in [-0.2, 0) is 22.4 Å². The Morgan fingerprint density at radius 2 is 1.68 bits per heavy atom. The van der Waals surface area contributed by atoms with E-state index in [1.54, 1.807) is 12.1 Å². The number of rotatable bonds is 1. The highest BCUT2D eigenvalue weighted by Gasteiger charge is 2.36. The van der Waals surface area contributed by atoms with Crippen LogP contribution >= 0.6 is 0 Å². The van der Waals surface area contributed by atoms with E-state index in [9.17, 15) is 14.7 Å². The first-order valence-electron chi connectivity index (χ1n) is 15.0. The maximum atomic E-state index is 13.9. The van der Waals surface area contributed by atoms with E-state index in [1.165, 1.54) is 6.42 Å². The van der Waals surface area contributed by atoms with Crippen molar-refractivity contribution in [3.05, 3.63) is 82.9 Å². The van der Waals surface area contributed by atoms with Gasteiger partial charge in [-0.3, -0.25) is 9.59 Å². The largest absolute Gasteiger partial charge is 0.504 e. The Labute approximate surface area is 241 Å². The monoisotopic (exact) mass is 554 g/mol. The molecule has 214 valence electrons. The molecule has 1 atom stereocenters. The van der Waals surface area contributed by atoms with Gasteiger partial charge in [0.1, 0.15) is 11.5 Å². The van der Waals surface area contributed by atoms with Gasteiger partial charge in [-0.25, -0.2) is 0 Å². The zero-order chi connectivity index (χ0) is 28.2. The van der Waals surface area contributed by atoms with E-state index in [1.807, 2.05) is 30.3 Å². The van der Waals surface area contributed by atoms with Crippen LogP contribution < -0.4 is 14.8 Å². The predicted octanol–water partition coefficient (Wildman–Crippen LogP) is 6.07. The summed E-state index contributed by atoms with van der Waals surface area (Å²) in [6, 6.07) is 19.1. The molecule has 7 nitrogen and oxygen atoms in total. The summed E-state index contributed by atoms with van der Waals surface area (Å²) < 4.78 is 12.1. The molecule has 3 aromatic rings. The van der Waals surface area contributed by atoms with E-state index in [2.05, 4.69) is 28.4 Å². The molecule has 1 fully saturated rings. The number of hydrogen-bond donors (Lipinski definition) is 2. The van der Waals surface area contributed by atoms with Crippen LogP contribution in [0.25, 0.3) is 0 Å². The first-order valence-corrected chi connectivity index (χ1v) is 15.0. The molecule has 5 aliphatic rings. The summed E-state index contributed by atoms with van der Waals surface area (Å²) in [5.74, 6) is 2.16. The van der Waals surface area contributed by atoms with Crippen molar-refractivity contribution in [2.24, 2.45) is 5.92 Å². The smallest absolute Gasteiger partial charge is 0.226 e. The summed E-state index contributed by atoms with van der Waals surface area (Å²) in [7, 11) is 0. The number of benzene rings is 3. The molecule has 0 radical (unpaired) electrons. The van der Waals surface area contributed by atoms with Gasteiger partial charge in [0.2, 0.25) is 11.8 Å². The first kappa shape index (κ1) is 27.2. The van der Waals surface area contributed by atoms with E-state index in [-0.39, 0.29) is 29.5 Å². The number of hydrogen-bond acceptors (Lipinski definition) is 5. The normalized spacial score (nSPS) is 20.0. The van der Waals surface area contributed by atoms with Crippen molar-refractivity contribution in [3.63, 3.8) is 0 Å². The second-order valence-corrected chi connectivity index (χ2v) is 11.4. The number of nitrogens with one attached hydrogen (secondary N) is 1. The van der Waals surface area contributed by atoms with Gasteiger partial charge in [-0.2, -0.15) is 0 Å². The molecule has 1 aliphatic carbocycles. The Kier molecular flexibility index (Phi) is 8.12. The lowest BCUT2D eigenvalue weighted by atomic mass is 9.84. The van der Waals surface area contributed by atoms with Gasteiger partial charge < -0.3 is 24.8 Å². The summed E-state index contributed by atoms with van der Waals surface area (Å²) in [5, 5.41) is 13.5. The standard InChI is InChI=1S/C34H38N2O5/c37-30-15-7-23-8-16-32(38)35-18-4-20-40-27-11-9-24(10-12-27)33-29-14-13-28(41-31(30)21-23)22-26(29)17-19-36(33)34(39)25-5-2-1-3-6-25/h7,9-15,21-22,25,33,37H,1-6,8,16-20H2,(H,35,38). The van der Waals surface area contributed by atoms with Crippen LogP contribution in [0.15, 0.2) is 60.7 Å². The van der Waals surface area contributed by atoms with Gasteiger partial charge in [0.25, 0.3) is 0 Å². The van der Waals surface area contributed by atoms with Crippen LogP contribution in [0.1, 0.15) is 73.2 Å². The Morgan fingerprint density at radius 1 is 0.878 bits per heavy atom. The molecule has 4 aliphatic heterocycles. The highest BCUT2D eigenvalue weighted by atomic mass is 16.5. The number of carbonyl (C=O) groups is 2. The molecule has 41 heavy (non-hydrogen) atoms. The molecule has 0 spiro atoms. The second kappa shape index (κ2) is 12.2. The zero-order valence-electron chi connectivity index (χ0n) is 23.4. The van der Waals surface area contributed by atoms with Crippen molar-refractivity contribution in [2.75, 3.05) is 19.7 Å². The maximum Gasteiger partial charge on any atom is 0.226 e. The molecule has 2 amide bonds. The fourth-order valence-corrected chi connectivity index (χ4v) is 6.35. The average molecular weight is 555 g/mol. The molecule has 7 heteroatoms. The number of carbonyl (C=O) groups excluding carboxylic acids is 2. The molecule has 8 rings (SSSR count). The number of fused-ring (bicyclic) bond motifs is 1. The molecule has 8 bridgehead atoms. The van der Waals surface area contributed by atoms with Crippen molar-refractivity contribution in [2.45, 2.75) is 63.8 Å². The fraction of sp³-hybridized carbons (Fsp3) is 0.412. The second-order valence-electron chi connectivity index (χ2n) is 11.4. The summed E-state index contributed by atoms with van der Waals surface area (Å²) >= 11 is 0. The van der Waals surface area contributed by atoms with Gasteiger partial charge in [0.05, 0.1) is 12.6 Å². The minimum Gasteiger partial charge on any atom is -0.504 e. The van der Waals surface area contributed by atoms with E-state index < -0.39 is 0 Å². The zero-order valence-corrected chi connectivity index (χ0v) is 23.4. The minimum absolute atomic E-state index is 0.0206. The van der Waals surface area contributed by atoms with Crippen LogP contribution in [0.5, 0.6) is 23.0 Å². The van der Waals surface area contributed by atoms with Gasteiger partial charge in [0.15, 0.2) is 11.5 Å². The molecule has 1 saturated carbocycles. The Morgan fingerprint density at radius 3 is 2.51 bits per heavy atom. The van der Waals surface area contributed by atoms with Crippen LogP contribution in [0.2, 0.25) is 0 Å². The molecular weight excluding hydrogens is 516 g/mol. The van der Waals surface area contributed by atoms with E-state index >= 15 is 0 Å². The Balaban J connectivity index is 1.36. The first-order chi connectivity index (χ1) is 20.0. The summed E-state index contributed by atoms with van der Waals surface area (Å²) in [4.78, 5) is 28.3. The van der Waals surface area contributed by atoms with E-state index in [0.29, 0.717) is 50.5 Å². The number of phenols is 1. The quantitative estimate of drug-likeness (QED) is 0.381. The molecule has 3 aromatic carbocycles. The van der Waals surface area contributed by atoms with Crippen molar-refractivity contribution in [1.29, 1.82) is 0 Å². The predicted molar refractivity (Wildman–Crippen MR) is 156 cm³/mol. The van der Waals surface area contributed by atoms with E-state index in [0.717, 1.165) is 60.1 Å². The highest BCUT2D eigenvalue weighted by Crippen LogP contribution is 2.41. The Hall–Kier alpha value is -4.00. The molecule has 2 N–H and O–H groups in total. The van der Waals surface area contributed by atoms with E-state index in [4.69, 9.17) is 9.47 Å². The molecule has 0 saturated heterocycles. The Bertz CT molecular complexity index is 1400. The van der Waals surface area contributed by atoms with Crippen molar-refractivity contribution in [3.8, 4) is 23.0 Å². The summed E-state index contributed by atoms with van der Waals surface area (Å²) in [6.45, 7) is 1.69. The highest BCUT2D eigenvalue weighted by molar-refractivity contribution is 5.80. The molecule has 4 heterocycles. The lowest BCUT2D eigenvalue weighted by Gasteiger charge is -2.40. The number of amides is 2. The third kappa shape index (κ3) is 6.19. The van der Waals surface area contributed by atoms with Gasteiger partial charge in [-0.05, 0) is 90.8 Å². The van der Waals surface area contributed by atoms with Crippen LogP contribution in [0.4, 0.5) is 0 Å². The lowest BCUT2D eigenvalue weighted by molar-refractivity contribution is -0.138. The van der Waals surface area contributed by atoms with Crippen LogP contribution in [0.3, 0.4) is 0 Å². The molecule has 1 unspecified atom stereocenters. The van der Waals surface area contributed by atoms with Gasteiger partial charge in [-0.1, -0.05) is 43.5 Å². The lowest BCUT2D eigenvalue weighted by Crippen LogP contribution is -2.44. The third-order valence-corrected chi connectivity index (χ3v) is 8.58. The molecular formula is C34H38N2O5. The maximum absolute atomic E-state index is 13.9. The summed E-state index contributed by atoms with van der Waals surface area (Å²) in [5.41, 5.74) is 4.21. The van der Waals surface area contributed by atoms with Crippen LogP contribution in [-0.4, -0.2) is 41.5 Å². The average Bonchev–Trinajstić information content (AvgIpc) is 3.00. The third-order valence-electron chi connectivity index (χ3n) is 8.58. The summed E-state index contributed by atoms with van der Waals surface area (Å²) in [6.07, 6.45) is 7.73. The number of ether oxygens (including phenoxy) is 2. The van der Waals surface area contributed by atoms with Gasteiger partial charge in [0, 0.05) is 25.4 Å².